The van der Waals surface area contributed by atoms with Gasteiger partial charge in [0.25, 0.3) is 0 Å². The Bertz CT molecular complexity index is 659. The molecule has 0 N–H and O–H groups in total. The highest BCUT2D eigenvalue weighted by Crippen LogP contribution is 2.31. The van der Waals surface area contributed by atoms with Crippen molar-refractivity contribution in [2.24, 2.45) is 0 Å². The Morgan fingerprint density at radius 2 is 1.52 bits per heavy atom. The van der Waals surface area contributed by atoms with Gasteiger partial charge in [-0.25, -0.2) is 9.59 Å². The van der Waals surface area contributed by atoms with Crippen molar-refractivity contribution in [2.45, 2.75) is 116 Å². The summed E-state index contributed by atoms with van der Waals surface area (Å²) in [4.78, 5) is 29.4. The summed E-state index contributed by atoms with van der Waals surface area (Å²) in [5.41, 5.74) is -1.05. The number of carbonyl (C=O) groups is 2. The van der Waals surface area contributed by atoms with Crippen LogP contribution in [-0.4, -0.2) is 57.9 Å². The Morgan fingerprint density at radius 1 is 0.903 bits per heavy atom. The molecule has 31 heavy (non-hydrogen) atoms. The van der Waals surface area contributed by atoms with Gasteiger partial charge in [-0.15, -0.1) is 6.58 Å². The maximum atomic E-state index is 13.0. The third-order valence-corrected chi connectivity index (χ3v) is 5.59. The van der Waals surface area contributed by atoms with Gasteiger partial charge in [-0.3, -0.25) is 4.90 Å². The van der Waals surface area contributed by atoms with Crippen LogP contribution >= 0.6 is 0 Å². The van der Waals surface area contributed by atoms with Crippen molar-refractivity contribution >= 4 is 12.2 Å². The minimum absolute atomic E-state index is 0.00342. The van der Waals surface area contributed by atoms with Crippen LogP contribution in [0.5, 0.6) is 0 Å². The molecule has 3 atom stereocenters. The molecule has 0 bridgehead atoms. The average Bonchev–Trinajstić information content (AvgIpc) is 3.05. The van der Waals surface area contributed by atoms with Crippen molar-refractivity contribution in [3.05, 3.63) is 24.8 Å². The Labute approximate surface area is 188 Å². The first-order valence-electron chi connectivity index (χ1n) is 11.7. The maximum Gasteiger partial charge on any atom is 0.411 e. The summed E-state index contributed by atoms with van der Waals surface area (Å²) in [6.07, 6.45) is 12.2. The van der Waals surface area contributed by atoms with Crippen LogP contribution < -0.4 is 0 Å². The second-order valence-corrected chi connectivity index (χ2v) is 10.7. The number of hydrogen-bond acceptors (Lipinski definition) is 4. The lowest BCUT2D eigenvalue weighted by molar-refractivity contribution is 0.0134. The number of amides is 2. The van der Waals surface area contributed by atoms with Crippen LogP contribution in [0.3, 0.4) is 0 Å². The number of allylic oxidation sites excluding steroid dienone is 1. The van der Waals surface area contributed by atoms with Crippen LogP contribution in [0.15, 0.2) is 24.8 Å². The highest BCUT2D eigenvalue weighted by atomic mass is 16.6. The second kappa shape index (κ2) is 10.6. The molecule has 0 saturated carbocycles. The number of likely N-dealkylation sites (tertiary alicyclic amines) is 2. The number of carbonyl (C=O) groups excluding carboxylic acids is 2. The highest BCUT2D eigenvalue weighted by molar-refractivity contribution is 5.70. The van der Waals surface area contributed by atoms with E-state index in [9.17, 15) is 9.59 Å². The summed E-state index contributed by atoms with van der Waals surface area (Å²) < 4.78 is 11.3. The first kappa shape index (κ1) is 25.3. The molecule has 2 amide bonds. The fraction of sp³-hybridized carbons (Fsp3) is 0.760. The third-order valence-electron chi connectivity index (χ3n) is 5.59. The fourth-order valence-corrected chi connectivity index (χ4v) is 4.25. The number of piperidine rings is 1. The van der Waals surface area contributed by atoms with Crippen LogP contribution in [-0.2, 0) is 9.47 Å². The lowest BCUT2D eigenvalue weighted by Crippen LogP contribution is -2.46. The summed E-state index contributed by atoms with van der Waals surface area (Å²) in [6, 6.07) is 0.124. The van der Waals surface area contributed by atoms with Gasteiger partial charge in [0, 0.05) is 12.6 Å². The molecule has 3 unspecified atom stereocenters. The van der Waals surface area contributed by atoms with Gasteiger partial charge in [-0.2, -0.15) is 0 Å². The van der Waals surface area contributed by atoms with Crippen molar-refractivity contribution in [3.63, 3.8) is 0 Å². The van der Waals surface area contributed by atoms with Crippen molar-refractivity contribution in [1.29, 1.82) is 0 Å². The monoisotopic (exact) mass is 434 g/mol. The van der Waals surface area contributed by atoms with E-state index in [-0.39, 0.29) is 30.3 Å². The van der Waals surface area contributed by atoms with Crippen LogP contribution in [0.1, 0.15) is 86.5 Å². The van der Waals surface area contributed by atoms with Gasteiger partial charge in [-0.1, -0.05) is 18.2 Å². The molecular weight excluding hydrogens is 392 g/mol. The summed E-state index contributed by atoms with van der Waals surface area (Å²) >= 11 is 0. The van der Waals surface area contributed by atoms with E-state index in [2.05, 4.69) is 18.7 Å². The second-order valence-electron chi connectivity index (χ2n) is 10.7. The highest BCUT2D eigenvalue weighted by Gasteiger charge is 2.38. The van der Waals surface area contributed by atoms with Gasteiger partial charge in [-0.05, 0) is 86.5 Å². The third kappa shape index (κ3) is 7.89. The van der Waals surface area contributed by atoms with E-state index < -0.39 is 11.2 Å². The van der Waals surface area contributed by atoms with Crippen molar-refractivity contribution < 1.29 is 19.1 Å². The van der Waals surface area contributed by atoms with Crippen molar-refractivity contribution in [3.8, 4) is 0 Å². The van der Waals surface area contributed by atoms with Gasteiger partial charge < -0.3 is 14.4 Å². The van der Waals surface area contributed by atoms with Crippen LogP contribution in [0, 0.1) is 0 Å². The summed E-state index contributed by atoms with van der Waals surface area (Å²) in [7, 11) is 0. The first-order chi connectivity index (χ1) is 14.4. The Balaban J connectivity index is 2.15. The molecule has 0 spiro atoms. The molecule has 0 aliphatic carbocycles. The van der Waals surface area contributed by atoms with E-state index in [1.165, 1.54) is 0 Å². The average molecular weight is 435 g/mol. The minimum atomic E-state index is -0.534. The summed E-state index contributed by atoms with van der Waals surface area (Å²) in [5.74, 6) is 0. The predicted molar refractivity (Wildman–Crippen MR) is 124 cm³/mol. The number of rotatable bonds is 5. The Kier molecular flexibility index (Phi) is 8.61. The van der Waals surface area contributed by atoms with Crippen LogP contribution in [0.4, 0.5) is 9.59 Å². The fourth-order valence-electron chi connectivity index (χ4n) is 4.25. The number of nitrogens with zero attached hydrogens (tertiary/aromatic N) is 2. The lowest BCUT2D eigenvalue weighted by Gasteiger charge is -2.36. The molecular formula is C25H42N2O4. The zero-order chi connectivity index (χ0) is 23.2. The first-order valence-corrected chi connectivity index (χ1v) is 11.7. The van der Waals surface area contributed by atoms with Gasteiger partial charge >= 0.3 is 12.2 Å². The van der Waals surface area contributed by atoms with Gasteiger partial charge in [0.2, 0.25) is 0 Å². The molecule has 176 valence electrons. The quantitative estimate of drug-likeness (QED) is 0.493. The van der Waals surface area contributed by atoms with E-state index in [1.54, 1.807) is 0 Å². The van der Waals surface area contributed by atoms with E-state index in [0.717, 1.165) is 44.9 Å². The molecule has 0 aromatic rings. The Morgan fingerprint density at radius 3 is 2.13 bits per heavy atom. The van der Waals surface area contributed by atoms with E-state index in [1.807, 2.05) is 57.4 Å². The smallest absolute Gasteiger partial charge is 0.411 e. The van der Waals surface area contributed by atoms with E-state index >= 15 is 0 Å². The SMILES string of the molecule is C=CCCC1CCC(/C=C/C2CCCCN2C(=O)OC(C)(C)C)N1C(=O)OC(C)(C)C. The van der Waals surface area contributed by atoms with Gasteiger partial charge in [0.05, 0.1) is 12.1 Å². The maximum absolute atomic E-state index is 13.0. The minimum Gasteiger partial charge on any atom is -0.444 e. The zero-order valence-corrected chi connectivity index (χ0v) is 20.4. The number of ether oxygens (including phenoxy) is 2. The lowest BCUT2D eigenvalue weighted by atomic mass is 10.0. The van der Waals surface area contributed by atoms with Crippen molar-refractivity contribution in [2.75, 3.05) is 6.54 Å². The summed E-state index contributed by atoms with van der Waals surface area (Å²) in [5, 5.41) is 0. The largest absolute Gasteiger partial charge is 0.444 e. The predicted octanol–water partition coefficient (Wildman–Crippen LogP) is 6.07. The normalized spacial score (nSPS) is 25.0. The van der Waals surface area contributed by atoms with Crippen LogP contribution in [0.25, 0.3) is 0 Å². The molecule has 2 saturated heterocycles. The topological polar surface area (TPSA) is 59.1 Å². The number of hydrogen-bond donors (Lipinski definition) is 0. The standard InChI is InChI=1S/C25H42N2O4/c1-8-9-12-20-16-17-21(27(20)23(29)31-25(5,6)7)15-14-19-13-10-11-18-26(19)22(28)30-24(2,3)4/h8,14-15,19-21H,1,9-13,16-18H2,2-7H3/b15-14+. The molecule has 2 fully saturated rings. The molecule has 0 aromatic heterocycles. The molecule has 6 nitrogen and oxygen atoms in total. The Hall–Kier alpha value is -1.98. The molecule has 2 aliphatic rings. The summed E-state index contributed by atoms with van der Waals surface area (Å²) in [6.45, 7) is 15.9. The van der Waals surface area contributed by atoms with Crippen molar-refractivity contribution in [1.82, 2.24) is 9.80 Å². The van der Waals surface area contributed by atoms with E-state index in [0.29, 0.717) is 6.54 Å². The zero-order valence-electron chi connectivity index (χ0n) is 20.4. The molecule has 6 heteroatoms. The molecule has 0 radical (unpaired) electrons. The molecule has 2 rings (SSSR count). The molecule has 2 heterocycles. The molecule has 0 aromatic carbocycles. The van der Waals surface area contributed by atoms with Crippen LogP contribution in [0.2, 0.25) is 0 Å². The van der Waals surface area contributed by atoms with Gasteiger partial charge in [0.15, 0.2) is 0 Å². The molecule has 2 aliphatic heterocycles. The van der Waals surface area contributed by atoms with E-state index in [4.69, 9.17) is 9.47 Å². The van der Waals surface area contributed by atoms with Gasteiger partial charge in [0.1, 0.15) is 11.2 Å².